The van der Waals surface area contributed by atoms with Crippen molar-refractivity contribution in [3.8, 4) is 0 Å². The van der Waals surface area contributed by atoms with Crippen molar-refractivity contribution < 1.29 is 9.32 Å². The Bertz CT molecular complexity index is 154. The SMILES string of the molecule is CC1(C)C[S@@](=O)CC[C@H]1O. The maximum absolute atomic E-state index is 11.0. The average molecular weight is 162 g/mol. The molecular formula is C7H14O2S. The fourth-order valence-electron chi connectivity index (χ4n) is 1.22. The minimum Gasteiger partial charge on any atom is -0.393 e. The molecule has 0 aliphatic carbocycles. The highest BCUT2D eigenvalue weighted by molar-refractivity contribution is 7.85. The number of rotatable bonds is 0. The Morgan fingerprint density at radius 2 is 2.20 bits per heavy atom. The van der Waals surface area contributed by atoms with Gasteiger partial charge in [0, 0.05) is 27.7 Å². The summed E-state index contributed by atoms with van der Waals surface area (Å²) in [7, 11) is -0.690. The predicted octanol–water partition coefficient (Wildman–Crippen LogP) is 0.526. The number of hydrogen-bond acceptors (Lipinski definition) is 2. The highest BCUT2D eigenvalue weighted by atomic mass is 32.2. The van der Waals surface area contributed by atoms with Crippen LogP contribution in [0.4, 0.5) is 0 Å². The van der Waals surface area contributed by atoms with Crippen molar-refractivity contribution in [3.05, 3.63) is 0 Å². The summed E-state index contributed by atoms with van der Waals surface area (Å²) in [6.07, 6.45) is 0.435. The topological polar surface area (TPSA) is 37.3 Å². The molecule has 1 rings (SSSR count). The number of aliphatic hydroxyl groups excluding tert-OH is 1. The monoisotopic (exact) mass is 162 g/mol. The summed E-state index contributed by atoms with van der Waals surface area (Å²) in [4.78, 5) is 0. The van der Waals surface area contributed by atoms with Gasteiger partial charge in [0.1, 0.15) is 0 Å². The lowest BCUT2D eigenvalue weighted by molar-refractivity contribution is 0.0587. The quantitative estimate of drug-likeness (QED) is 0.564. The lowest BCUT2D eigenvalue weighted by Gasteiger charge is -2.34. The first-order valence-corrected chi connectivity index (χ1v) is 5.04. The lowest BCUT2D eigenvalue weighted by atomic mass is 9.87. The highest BCUT2D eigenvalue weighted by Gasteiger charge is 2.33. The van der Waals surface area contributed by atoms with E-state index in [0.29, 0.717) is 17.9 Å². The van der Waals surface area contributed by atoms with Gasteiger partial charge in [0.15, 0.2) is 0 Å². The average Bonchev–Trinajstić information content (AvgIpc) is 1.78. The molecule has 1 aliphatic heterocycles. The van der Waals surface area contributed by atoms with Gasteiger partial charge in [-0.2, -0.15) is 0 Å². The minimum atomic E-state index is -0.690. The molecule has 1 saturated heterocycles. The molecule has 2 atom stereocenters. The molecule has 1 N–H and O–H groups in total. The largest absolute Gasteiger partial charge is 0.393 e. The van der Waals surface area contributed by atoms with Crippen molar-refractivity contribution >= 4 is 10.8 Å². The maximum Gasteiger partial charge on any atom is 0.0608 e. The van der Waals surface area contributed by atoms with E-state index < -0.39 is 10.8 Å². The predicted molar refractivity (Wildman–Crippen MR) is 42.3 cm³/mol. The lowest BCUT2D eigenvalue weighted by Crippen LogP contribution is -2.40. The van der Waals surface area contributed by atoms with Crippen molar-refractivity contribution in [1.82, 2.24) is 0 Å². The number of aliphatic hydroxyl groups is 1. The van der Waals surface area contributed by atoms with E-state index >= 15 is 0 Å². The fraction of sp³-hybridized carbons (Fsp3) is 1.00. The van der Waals surface area contributed by atoms with Crippen LogP contribution in [0.15, 0.2) is 0 Å². The molecule has 0 aromatic rings. The van der Waals surface area contributed by atoms with E-state index in [2.05, 4.69) is 0 Å². The van der Waals surface area contributed by atoms with Gasteiger partial charge in [-0.25, -0.2) is 0 Å². The van der Waals surface area contributed by atoms with Crippen LogP contribution in [0, 0.1) is 5.41 Å². The third-order valence-corrected chi connectivity index (χ3v) is 3.81. The van der Waals surface area contributed by atoms with Crippen LogP contribution in [0.2, 0.25) is 0 Å². The van der Waals surface area contributed by atoms with Crippen molar-refractivity contribution in [2.45, 2.75) is 26.4 Å². The molecule has 0 unspecified atom stereocenters. The zero-order valence-electron chi connectivity index (χ0n) is 6.46. The molecule has 3 heteroatoms. The van der Waals surface area contributed by atoms with E-state index in [0.717, 1.165) is 0 Å². The van der Waals surface area contributed by atoms with Gasteiger partial charge in [0.25, 0.3) is 0 Å². The van der Waals surface area contributed by atoms with Gasteiger partial charge < -0.3 is 5.11 Å². The van der Waals surface area contributed by atoms with Gasteiger partial charge in [-0.3, -0.25) is 4.21 Å². The van der Waals surface area contributed by atoms with E-state index in [1.807, 2.05) is 13.8 Å². The molecule has 1 fully saturated rings. The molecule has 0 saturated carbocycles. The van der Waals surface area contributed by atoms with Crippen LogP contribution >= 0.6 is 0 Å². The first-order valence-electron chi connectivity index (χ1n) is 3.55. The Morgan fingerprint density at radius 3 is 2.60 bits per heavy atom. The Kier molecular flexibility index (Phi) is 2.15. The van der Waals surface area contributed by atoms with E-state index in [1.54, 1.807) is 0 Å². The molecule has 0 radical (unpaired) electrons. The van der Waals surface area contributed by atoms with Gasteiger partial charge in [-0.15, -0.1) is 0 Å². The van der Waals surface area contributed by atoms with Crippen LogP contribution in [0.5, 0.6) is 0 Å². The zero-order valence-corrected chi connectivity index (χ0v) is 7.28. The van der Waals surface area contributed by atoms with E-state index in [9.17, 15) is 9.32 Å². The summed E-state index contributed by atoms with van der Waals surface area (Å²) < 4.78 is 11.0. The molecule has 10 heavy (non-hydrogen) atoms. The fourth-order valence-corrected chi connectivity index (χ4v) is 2.87. The van der Waals surface area contributed by atoms with Crippen LogP contribution in [0.3, 0.4) is 0 Å². The summed E-state index contributed by atoms with van der Waals surface area (Å²) in [5.74, 6) is 1.32. The maximum atomic E-state index is 11.0. The molecule has 0 aromatic carbocycles. The Labute approximate surface area is 64.1 Å². The summed E-state index contributed by atoms with van der Waals surface area (Å²) in [6, 6.07) is 0. The van der Waals surface area contributed by atoms with E-state index in [-0.39, 0.29) is 11.5 Å². The summed E-state index contributed by atoms with van der Waals surface area (Å²) in [5, 5.41) is 9.42. The van der Waals surface area contributed by atoms with Gasteiger partial charge in [0.2, 0.25) is 0 Å². The first-order chi connectivity index (χ1) is 4.52. The molecule has 2 nitrogen and oxygen atoms in total. The van der Waals surface area contributed by atoms with Crippen molar-refractivity contribution in [2.75, 3.05) is 11.5 Å². The van der Waals surface area contributed by atoms with Crippen LogP contribution < -0.4 is 0 Å². The molecule has 1 aliphatic rings. The summed E-state index contributed by atoms with van der Waals surface area (Å²) >= 11 is 0. The third-order valence-electron chi connectivity index (χ3n) is 2.05. The van der Waals surface area contributed by atoms with Gasteiger partial charge in [-0.1, -0.05) is 13.8 Å². The van der Waals surface area contributed by atoms with Crippen LogP contribution in [0.1, 0.15) is 20.3 Å². The third kappa shape index (κ3) is 1.58. The standard InChI is InChI=1S/C7H14O2S/c1-7(2)5-10(9)4-3-6(7)8/h6,8H,3-5H2,1-2H3/t6-,10+/m1/s1. The molecule has 1 heterocycles. The molecule has 0 amide bonds. The Morgan fingerprint density at radius 1 is 1.60 bits per heavy atom. The Hall–Kier alpha value is 0.110. The second-order valence-corrected chi connectivity index (χ2v) is 5.16. The highest BCUT2D eigenvalue weighted by Crippen LogP contribution is 2.28. The Balaban J connectivity index is 2.63. The zero-order chi connectivity index (χ0) is 7.78. The van der Waals surface area contributed by atoms with Crippen molar-refractivity contribution in [3.63, 3.8) is 0 Å². The molecule has 0 bridgehead atoms. The normalized spacial score (nSPS) is 39.5. The van der Waals surface area contributed by atoms with Gasteiger partial charge in [-0.05, 0) is 6.42 Å². The van der Waals surface area contributed by atoms with E-state index in [4.69, 9.17) is 0 Å². The smallest absolute Gasteiger partial charge is 0.0608 e. The second kappa shape index (κ2) is 2.62. The van der Waals surface area contributed by atoms with Crippen LogP contribution in [0.25, 0.3) is 0 Å². The number of hydrogen-bond donors (Lipinski definition) is 1. The molecule has 60 valence electrons. The first kappa shape index (κ1) is 8.21. The van der Waals surface area contributed by atoms with Gasteiger partial charge in [0.05, 0.1) is 6.10 Å². The second-order valence-electron chi connectivity index (χ2n) is 3.58. The molecule has 0 aromatic heterocycles. The molecule has 0 spiro atoms. The van der Waals surface area contributed by atoms with Crippen LogP contribution in [-0.4, -0.2) is 26.9 Å². The van der Waals surface area contributed by atoms with Crippen LogP contribution in [-0.2, 0) is 10.8 Å². The van der Waals surface area contributed by atoms with E-state index in [1.165, 1.54) is 0 Å². The van der Waals surface area contributed by atoms with Gasteiger partial charge >= 0.3 is 0 Å². The van der Waals surface area contributed by atoms with Crippen molar-refractivity contribution in [2.24, 2.45) is 5.41 Å². The van der Waals surface area contributed by atoms with Crippen molar-refractivity contribution in [1.29, 1.82) is 0 Å². The minimum absolute atomic E-state index is 0.136. The molecular weight excluding hydrogens is 148 g/mol. The summed E-state index contributed by atoms with van der Waals surface area (Å²) in [5.41, 5.74) is -0.136. The summed E-state index contributed by atoms with van der Waals surface area (Å²) in [6.45, 7) is 3.93.